The van der Waals surface area contributed by atoms with E-state index in [1.54, 1.807) is 0 Å². The van der Waals surface area contributed by atoms with E-state index in [-0.39, 0.29) is 24.4 Å². The fraction of sp³-hybridized carbons (Fsp3) is 0.600. The van der Waals surface area contributed by atoms with Gasteiger partial charge in [0.25, 0.3) is 0 Å². The maximum atomic E-state index is 10.2. The van der Waals surface area contributed by atoms with Crippen LogP contribution in [-0.2, 0) is 14.2 Å². The Labute approximate surface area is 113 Å². The first-order chi connectivity index (χ1) is 8.98. The van der Waals surface area contributed by atoms with Crippen molar-refractivity contribution in [1.82, 2.24) is 0 Å². The smallest absolute Gasteiger partial charge is 0.164 e. The number of aliphatic hydroxyl groups excluding tert-OH is 1. The zero-order chi connectivity index (χ0) is 13.6. The van der Waals surface area contributed by atoms with E-state index in [9.17, 15) is 5.11 Å². The van der Waals surface area contributed by atoms with E-state index in [0.717, 1.165) is 5.56 Å². The van der Waals surface area contributed by atoms with Crippen LogP contribution in [-0.4, -0.2) is 35.3 Å². The van der Waals surface area contributed by atoms with Gasteiger partial charge in [-0.3, -0.25) is 0 Å². The number of benzene rings is 1. The number of fused-ring (bicyclic) bond motifs is 1. The van der Waals surface area contributed by atoms with Crippen LogP contribution in [0.3, 0.4) is 0 Å². The van der Waals surface area contributed by atoms with Crippen molar-refractivity contribution in [2.45, 2.75) is 57.1 Å². The molecule has 5 atom stereocenters. The Bertz CT molecular complexity index is 445. The molecule has 0 saturated carbocycles. The maximum absolute atomic E-state index is 10.2. The quantitative estimate of drug-likeness (QED) is 0.843. The van der Waals surface area contributed by atoms with Crippen molar-refractivity contribution in [3.05, 3.63) is 35.9 Å². The summed E-state index contributed by atoms with van der Waals surface area (Å²) in [4.78, 5) is 0. The van der Waals surface area contributed by atoms with Gasteiger partial charge in [-0.1, -0.05) is 30.3 Å². The molecule has 0 spiro atoms. The highest BCUT2D eigenvalue weighted by Crippen LogP contribution is 2.43. The fourth-order valence-corrected chi connectivity index (χ4v) is 2.88. The molecule has 0 bridgehead atoms. The lowest BCUT2D eigenvalue weighted by Gasteiger charge is -2.39. The van der Waals surface area contributed by atoms with Gasteiger partial charge in [-0.2, -0.15) is 0 Å². The molecule has 2 aliphatic rings. The zero-order valence-corrected chi connectivity index (χ0v) is 11.4. The Morgan fingerprint density at radius 2 is 1.68 bits per heavy atom. The molecule has 2 heterocycles. The lowest BCUT2D eigenvalue weighted by molar-refractivity contribution is -0.183. The normalized spacial score (nSPS) is 40.9. The zero-order valence-electron chi connectivity index (χ0n) is 11.4. The first kappa shape index (κ1) is 13.1. The number of hydrogen-bond acceptors (Lipinski definition) is 4. The highest BCUT2D eigenvalue weighted by Gasteiger charge is 2.54. The van der Waals surface area contributed by atoms with Gasteiger partial charge >= 0.3 is 0 Å². The van der Waals surface area contributed by atoms with Crippen LogP contribution in [0.25, 0.3) is 0 Å². The maximum Gasteiger partial charge on any atom is 0.164 e. The molecule has 104 valence electrons. The number of aliphatic hydroxyl groups is 1. The minimum atomic E-state index is -0.684. The molecule has 2 aliphatic heterocycles. The minimum Gasteiger partial charge on any atom is -0.388 e. The Hall–Kier alpha value is -0.940. The van der Waals surface area contributed by atoms with Crippen LogP contribution in [0.2, 0.25) is 0 Å². The third kappa shape index (κ3) is 2.30. The molecule has 4 heteroatoms. The van der Waals surface area contributed by atoms with E-state index in [4.69, 9.17) is 14.2 Å². The van der Waals surface area contributed by atoms with Crippen molar-refractivity contribution in [1.29, 1.82) is 0 Å². The standard InChI is InChI=1S/C15H20O4/c1-9-11(16)13-14(19-15(2,3)18-13)12(17-9)10-7-5-4-6-8-10/h4-9,11-14,16H,1-3H3/t9-,11-,12+,13-,14+/m1/s1. The monoisotopic (exact) mass is 264 g/mol. The van der Waals surface area contributed by atoms with Gasteiger partial charge in [-0.25, -0.2) is 0 Å². The van der Waals surface area contributed by atoms with Gasteiger partial charge in [0, 0.05) is 0 Å². The lowest BCUT2D eigenvalue weighted by Crippen LogP contribution is -2.51. The van der Waals surface area contributed by atoms with Gasteiger partial charge in [-0.15, -0.1) is 0 Å². The topological polar surface area (TPSA) is 47.9 Å². The largest absolute Gasteiger partial charge is 0.388 e. The van der Waals surface area contributed by atoms with Crippen molar-refractivity contribution in [3.63, 3.8) is 0 Å². The summed E-state index contributed by atoms with van der Waals surface area (Å²) in [6, 6.07) is 9.95. The molecule has 2 fully saturated rings. The van der Waals surface area contributed by atoms with Crippen molar-refractivity contribution in [3.8, 4) is 0 Å². The Kier molecular flexibility index (Phi) is 3.14. The summed E-state index contributed by atoms with van der Waals surface area (Å²) < 4.78 is 17.7. The molecule has 2 saturated heterocycles. The molecule has 0 amide bonds. The van der Waals surface area contributed by atoms with E-state index in [1.165, 1.54) is 0 Å². The molecule has 0 aliphatic carbocycles. The van der Waals surface area contributed by atoms with Crippen LogP contribution in [0.1, 0.15) is 32.4 Å². The van der Waals surface area contributed by atoms with Crippen molar-refractivity contribution in [2.75, 3.05) is 0 Å². The predicted octanol–water partition coefficient (Wildman–Crippen LogP) is 2.03. The first-order valence-electron chi connectivity index (χ1n) is 6.72. The first-order valence-corrected chi connectivity index (χ1v) is 6.72. The Balaban J connectivity index is 1.93. The Morgan fingerprint density at radius 1 is 1.05 bits per heavy atom. The molecule has 3 rings (SSSR count). The van der Waals surface area contributed by atoms with Crippen molar-refractivity contribution < 1.29 is 19.3 Å². The number of ether oxygens (including phenoxy) is 3. The molecule has 1 aromatic rings. The molecule has 0 aromatic heterocycles. The summed E-state index contributed by atoms with van der Waals surface area (Å²) in [5, 5.41) is 10.2. The summed E-state index contributed by atoms with van der Waals surface area (Å²) in [5.74, 6) is -0.684. The van der Waals surface area contributed by atoms with Crippen LogP contribution < -0.4 is 0 Å². The van der Waals surface area contributed by atoms with E-state index in [2.05, 4.69) is 0 Å². The predicted molar refractivity (Wildman–Crippen MR) is 69.6 cm³/mol. The molecule has 0 unspecified atom stereocenters. The second-order valence-electron chi connectivity index (χ2n) is 5.73. The van der Waals surface area contributed by atoms with Gasteiger partial charge in [0.1, 0.15) is 24.4 Å². The van der Waals surface area contributed by atoms with Crippen molar-refractivity contribution in [2.24, 2.45) is 0 Å². The van der Waals surface area contributed by atoms with E-state index >= 15 is 0 Å². The van der Waals surface area contributed by atoms with Gasteiger partial charge in [0.2, 0.25) is 0 Å². The minimum absolute atomic E-state index is 0.202. The third-order valence-electron chi connectivity index (χ3n) is 3.77. The summed E-state index contributed by atoms with van der Waals surface area (Å²) in [5.41, 5.74) is 1.05. The van der Waals surface area contributed by atoms with Crippen LogP contribution in [0.5, 0.6) is 0 Å². The van der Waals surface area contributed by atoms with Gasteiger partial charge in [0.15, 0.2) is 5.79 Å². The molecule has 0 radical (unpaired) electrons. The van der Waals surface area contributed by atoms with Crippen molar-refractivity contribution >= 4 is 0 Å². The van der Waals surface area contributed by atoms with E-state index in [0.29, 0.717) is 0 Å². The van der Waals surface area contributed by atoms with Crippen LogP contribution in [0.4, 0.5) is 0 Å². The second kappa shape index (κ2) is 4.56. The van der Waals surface area contributed by atoms with Gasteiger partial charge in [-0.05, 0) is 26.3 Å². The third-order valence-corrected chi connectivity index (χ3v) is 3.77. The number of rotatable bonds is 1. The summed E-state index contributed by atoms with van der Waals surface area (Å²) >= 11 is 0. The molecular formula is C15H20O4. The highest BCUT2D eigenvalue weighted by molar-refractivity contribution is 5.21. The average Bonchev–Trinajstić information content (AvgIpc) is 2.71. The summed E-state index contributed by atoms with van der Waals surface area (Å²) in [7, 11) is 0. The van der Waals surface area contributed by atoms with E-state index < -0.39 is 11.9 Å². The molecule has 1 N–H and O–H groups in total. The van der Waals surface area contributed by atoms with Crippen LogP contribution >= 0.6 is 0 Å². The highest BCUT2D eigenvalue weighted by atomic mass is 16.8. The molecule has 1 aromatic carbocycles. The fourth-order valence-electron chi connectivity index (χ4n) is 2.88. The lowest BCUT2D eigenvalue weighted by atomic mass is 9.92. The van der Waals surface area contributed by atoms with Crippen LogP contribution in [0, 0.1) is 0 Å². The van der Waals surface area contributed by atoms with Gasteiger partial charge in [0.05, 0.1) is 6.10 Å². The van der Waals surface area contributed by atoms with Crippen LogP contribution in [0.15, 0.2) is 30.3 Å². The van der Waals surface area contributed by atoms with Gasteiger partial charge < -0.3 is 19.3 Å². The summed E-state index contributed by atoms with van der Waals surface area (Å²) in [6.45, 7) is 5.60. The average molecular weight is 264 g/mol. The Morgan fingerprint density at radius 3 is 2.37 bits per heavy atom. The SMILES string of the molecule is C[C@H]1O[C@@H](c2ccccc2)[C@@H]2OC(C)(C)O[C@@H]2[C@@H]1O. The number of hydrogen-bond donors (Lipinski definition) is 1. The molecular weight excluding hydrogens is 244 g/mol. The van der Waals surface area contributed by atoms with E-state index in [1.807, 2.05) is 51.1 Å². The molecule has 19 heavy (non-hydrogen) atoms. The summed E-state index contributed by atoms with van der Waals surface area (Å²) in [6.07, 6.45) is -1.75. The molecule has 4 nitrogen and oxygen atoms in total. The second-order valence-corrected chi connectivity index (χ2v) is 5.73.